The van der Waals surface area contributed by atoms with E-state index < -0.39 is 11.3 Å². The lowest BCUT2D eigenvalue weighted by molar-refractivity contribution is 0.0481. The summed E-state index contributed by atoms with van der Waals surface area (Å²) >= 11 is 0. The largest absolute Gasteiger partial charge is 0.299 e. The molecule has 9 aromatic rings. The Balaban J connectivity index is 0.973. The minimum absolute atomic E-state index is 0.00204. The van der Waals surface area contributed by atoms with E-state index in [4.69, 9.17) is 15.0 Å². The molecule has 58 heavy (non-hydrogen) atoms. The molecule has 8 aromatic carbocycles. The van der Waals surface area contributed by atoms with Gasteiger partial charge in [-0.25, -0.2) is 15.0 Å². The number of alkyl halides is 2. The van der Waals surface area contributed by atoms with Crippen molar-refractivity contribution in [2.24, 2.45) is 0 Å². The van der Waals surface area contributed by atoms with E-state index in [1.165, 1.54) is 44.5 Å². The third-order valence-electron chi connectivity index (χ3n) is 12.3. The average Bonchev–Trinajstić information content (AvgIpc) is 3.84. The predicted molar refractivity (Wildman–Crippen MR) is 226 cm³/mol. The van der Waals surface area contributed by atoms with Crippen LogP contribution in [0.2, 0.25) is 0 Å². The molecular formula is C53H31F2N3. The molecule has 3 aliphatic carbocycles. The summed E-state index contributed by atoms with van der Waals surface area (Å²) in [6.45, 7) is 0. The van der Waals surface area contributed by atoms with Crippen molar-refractivity contribution in [2.45, 2.75) is 11.3 Å². The second-order valence-electron chi connectivity index (χ2n) is 15.3. The summed E-state index contributed by atoms with van der Waals surface area (Å²) in [5.41, 5.74) is 14.0. The minimum atomic E-state index is -3.24. The van der Waals surface area contributed by atoms with E-state index in [1.54, 1.807) is 18.2 Å². The molecule has 3 aliphatic rings. The van der Waals surface area contributed by atoms with E-state index in [2.05, 4.69) is 91.0 Å². The molecule has 0 fully saturated rings. The Morgan fingerprint density at radius 2 is 0.603 bits per heavy atom. The lowest BCUT2D eigenvalue weighted by Crippen LogP contribution is -2.25. The molecule has 1 aromatic heterocycles. The first-order valence-electron chi connectivity index (χ1n) is 19.5. The summed E-state index contributed by atoms with van der Waals surface area (Å²) in [7, 11) is 0. The molecule has 0 N–H and O–H groups in total. The van der Waals surface area contributed by atoms with E-state index in [0.29, 0.717) is 34.2 Å². The van der Waals surface area contributed by atoms with Gasteiger partial charge in [0, 0.05) is 27.8 Å². The van der Waals surface area contributed by atoms with Gasteiger partial charge in [0.1, 0.15) is 0 Å². The van der Waals surface area contributed by atoms with Crippen LogP contribution in [0.15, 0.2) is 188 Å². The zero-order valence-corrected chi connectivity index (χ0v) is 31.0. The Labute approximate surface area is 334 Å². The van der Waals surface area contributed by atoms with Gasteiger partial charge in [-0.2, -0.15) is 8.78 Å². The maximum absolute atomic E-state index is 16.9. The molecular weight excluding hydrogens is 717 g/mol. The summed E-state index contributed by atoms with van der Waals surface area (Å²) in [6, 6.07) is 62.5. The first-order valence-corrected chi connectivity index (χ1v) is 19.5. The normalized spacial score (nSPS) is 14.3. The van der Waals surface area contributed by atoms with Gasteiger partial charge in [0.2, 0.25) is 0 Å². The third kappa shape index (κ3) is 4.50. The molecule has 1 heterocycles. The number of benzene rings is 8. The van der Waals surface area contributed by atoms with E-state index in [1.807, 2.05) is 78.9 Å². The SMILES string of the molecule is FC1(F)c2cc(-c3ccc4c(c3)C3(c5ccccc5-c5ccccc53)c3ccccc3-4)ccc2-c2ccc(-c3nc(-c4ccccc4)nc(-c4ccccc4)n3)cc21. The zero-order chi connectivity index (χ0) is 38.6. The van der Waals surface area contributed by atoms with Gasteiger partial charge in [-0.3, -0.25) is 0 Å². The Bertz CT molecular complexity index is 3030. The fourth-order valence-corrected chi connectivity index (χ4v) is 9.75. The van der Waals surface area contributed by atoms with Gasteiger partial charge >= 0.3 is 0 Å². The van der Waals surface area contributed by atoms with Gasteiger partial charge in [-0.1, -0.05) is 170 Å². The summed E-state index contributed by atoms with van der Waals surface area (Å²) in [4.78, 5) is 14.4. The zero-order valence-electron chi connectivity index (χ0n) is 31.0. The summed E-state index contributed by atoms with van der Waals surface area (Å²) in [5, 5.41) is 0. The standard InChI is InChI=1S/C53H31F2N3/c54-53(55)47-30-35(34-23-26-40-39-19-9-12-22-45(39)52(46(40)29-34)43-20-10-7-17-37(43)38-18-8-11-21-44(38)52)24-27-41(47)42-28-25-36(31-48(42)53)51-57-49(32-13-3-1-4-14-32)56-50(58-51)33-15-5-2-6-16-33/h1-31H. The Hall–Kier alpha value is -7.37. The van der Waals surface area contributed by atoms with Crippen molar-refractivity contribution in [3.63, 3.8) is 0 Å². The van der Waals surface area contributed by atoms with Crippen LogP contribution in [0.1, 0.15) is 33.4 Å². The predicted octanol–water partition coefficient (Wildman–Crippen LogP) is 13.0. The first kappa shape index (κ1) is 32.8. The second-order valence-corrected chi connectivity index (χ2v) is 15.3. The van der Waals surface area contributed by atoms with E-state index >= 15 is 8.78 Å². The van der Waals surface area contributed by atoms with Gasteiger partial charge in [0.15, 0.2) is 17.5 Å². The fourth-order valence-electron chi connectivity index (χ4n) is 9.75. The number of aromatic nitrogens is 3. The van der Waals surface area contributed by atoms with Gasteiger partial charge in [-0.05, 0) is 85.0 Å². The van der Waals surface area contributed by atoms with Crippen molar-refractivity contribution in [3.8, 4) is 78.7 Å². The minimum Gasteiger partial charge on any atom is -0.208 e. The highest BCUT2D eigenvalue weighted by molar-refractivity contribution is 5.96. The first-order chi connectivity index (χ1) is 28.5. The molecule has 0 aliphatic heterocycles. The van der Waals surface area contributed by atoms with Crippen molar-refractivity contribution >= 4 is 0 Å². The average molecular weight is 748 g/mol. The molecule has 12 rings (SSSR count). The van der Waals surface area contributed by atoms with Crippen molar-refractivity contribution in [1.82, 2.24) is 15.0 Å². The van der Waals surface area contributed by atoms with E-state index in [9.17, 15) is 0 Å². The highest BCUT2D eigenvalue weighted by Gasteiger charge is 2.51. The second kappa shape index (κ2) is 12.1. The molecule has 0 amide bonds. The van der Waals surface area contributed by atoms with Gasteiger partial charge in [0.05, 0.1) is 5.41 Å². The maximum Gasteiger partial charge on any atom is 0.299 e. The van der Waals surface area contributed by atoms with Gasteiger partial charge in [-0.15, -0.1) is 0 Å². The van der Waals surface area contributed by atoms with Crippen LogP contribution in [0.25, 0.3) is 78.7 Å². The molecule has 0 saturated carbocycles. The van der Waals surface area contributed by atoms with Gasteiger partial charge in [0.25, 0.3) is 5.92 Å². The molecule has 0 radical (unpaired) electrons. The monoisotopic (exact) mass is 747 g/mol. The molecule has 3 nitrogen and oxygen atoms in total. The highest BCUT2D eigenvalue weighted by atomic mass is 19.3. The Morgan fingerprint density at radius 3 is 1.07 bits per heavy atom. The van der Waals surface area contributed by atoms with Crippen LogP contribution in [0.4, 0.5) is 8.78 Å². The van der Waals surface area contributed by atoms with Crippen LogP contribution in [0.5, 0.6) is 0 Å². The molecule has 0 unspecified atom stereocenters. The van der Waals surface area contributed by atoms with Crippen LogP contribution in [-0.4, -0.2) is 15.0 Å². The molecule has 0 saturated heterocycles. The van der Waals surface area contributed by atoms with Crippen LogP contribution < -0.4 is 0 Å². The molecule has 1 spiro atoms. The lowest BCUT2D eigenvalue weighted by atomic mass is 9.70. The molecule has 0 atom stereocenters. The van der Waals surface area contributed by atoms with Crippen LogP contribution in [0, 0.1) is 0 Å². The molecule has 0 bridgehead atoms. The number of hydrogen-bond acceptors (Lipinski definition) is 3. The molecule has 5 heteroatoms. The number of hydrogen-bond donors (Lipinski definition) is 0. The van der Waals surface area contributed by atoms with Crippen molar-refractivity contribution in [1.29, 1.82) is 0 Å². The summed E-state index contributed by atoms with van der Waals surface area (Å²) in [6.07, 6.45) is 0. The van der Waals surface area contributed by atoms with Crippen molar-refractivity contribution in [3.05, 3.63) is 221 Å². The smallest absolute Gasteiger partial charge is 0.208 e. The number of nitrogens with zero attached hydrogens (tertiary/aromatic N) is 3. The Morgan fingerprint density at radius 1 is 0.276 bits per heavy atom. The van der Waals surface area contributed by atoms with Gasteiger partial charge < -0.3 is 0 Å². The van der Waals surface area contributed by atoms with Crippen LogP contribution in [-0.2, 0) is 11.3 Å². The topological polar surface area (TPSA) is 38.7 Å². The van der Waals surface area contributed by atoms with Crippen LogP contribution in [0.3, 0.4) is 0 Å². The summed E-state index contributed by atoms with van der Waals surface area (Å²) in [5.74, 6) is -1.95. The summed E-state index contributed by atoms with van der Waals surface area (Å²) < 4.78 is 33.9. The van der Waals surface area contributed by atoms with E-state index in [-0.39, 0.29) is 11.1 Å². The maximum atomic E-state index is 16.9. The van der Waals surface area contributed by atoms with Crippen molar-refractivity contribution < 1.29 is 8.78 Å². The van der Waals surface area contributed by atoms with E-state index in [0.717, 1.165) is 22.3 Å². The third-order valence-corrected chi connectivity index (χ3v) is 12.3. The number of rotatable bonds is 4. The number of fused-ring (bicyclic) bond motifs is 13. The quantitative estimate of drug-likeness (QED) is 0.180. The van der Waals surface area contributed by atoms with Crippen LogP contribution >= 0.6 is 0 Å². The van der Waals surface area contributed by atoms with Crippen molar-refractivity contribution in [2.75, 3.05) is 0 Å². The lowest BCUT2D eigenvalue weighted by Gasteiger charge is -2.30. The fraction of sp³-hybridized carbons (Fsp3) is 0.0377. The Kier molecular flexibility index (Phi) is 6.83. The number of halogens is 2. The molecule has 272 valence electrons. The highest BCUT2D eigenvalue weighted by Crippen LogP contribution is 2.63.